The lowest BCUT2D eigenvalue weighted by molar-refractivity contribution is -0.385. The summed E-state index contributed by atoms with van der Waals surface area (Å²) < 4.78 is 10.9. The van der Waals surface area contributed by atoms with Crippen LogP contribution in [0.1, 0.15) is 15.9 Å². The normalized spacial score (nSPS) is 12.6. The van der Waals surface area contributed by atoms with Crippen molar-refractivity contribution in [1.82, 2.24) is 0 Å². The van der Waals surface area contributed by atoms with Gasteiger partial charge in [-0.3, -0.25) is 14.9 Å². The van der Waals surface area contributed by atoms with E-state index in [0.29, 0.717) is 36.0 Å². The first-order chi connectivity index (χ1) is 11.0. The van der Waals surface area contributed by atoms with Crippen molar-refractivity contribution in [3.63, 3.8) is 0 Å². The second kappa shape index (κ2) is 5.96. The predicted molar refractivity (Wildman–Crippen MR) is 83.2 cm³/mol. The number of benzene rings is 2. The molecule has 2 aromatic carbocycles. The van der Waals surface area contributed by atoms with Crippen molar-refractivity contribution in [3.05, 3.63) is 57.6 Å². The Morgan fingerprint density at radius 3 is 2.61 bits per heavy atom. The molecule has 0 unspecified atom stereocenters. The molecule has 3 rings (SSSR count). The molecule has 1 aliphatic rings. The predicted octanol–water partition coefficient (Wildman–Crippen LogP) is 2.93. The van der Waals surface area contributed by atoms with E-state index >= 15 is 0 Å². The second-order valence-corrected chi connectivity index (χ2v) is 5.07. The Bertz CT molecular complexity index is 788. The van der Waals surface area contributed by atoms with E-state index in [9.17, 15) is 14.9 Å². The summed E-state index contributed by atoms with van der Waals surface area (Å²) in [5, 5.41) is 13.7. The Kier molecular flexibility index (Phi) is 3.84. The number of nitro groups is 1. The third-order valence-corrected chi connectivity index (χ3v) is 3.47. The van der Waals surface area contributed by atoms with Crippen LogP contribution in [0.3, 0.4) is 0 Å². The number of fused-ring (bicyclic) bond motifs is 1. The van der Waals surface area contributed by atoms with E-state index in [0.717, 1.165) is 0 Å². The number of hydrogen-bond acceptors (Lipinski definition) is 5. The second-order valence-electron chi connectivity index (χ2n) is 5.07. The molecule has 0 spiro atoms. The van der Waals surface area contributed by atoms with E-state index in [2.05, 4.69) is 5.32 Å². The number of rotatable bonds is 3. The monoisotopic (exact) mass is 314 g/mol. The summed E-state index contributed by atoms with van der Waals surface area (Å²) in [6.07, 6.45) is 0. The van der Waals surface area contributed by atoms with Gasteiger partial charge in [-0.1, -0.05) is 6.07 Å². The molecule has 0 saturated heterocycles. The van der Waals surface area contributed by atoms with Crippen LogP contribution in [0.4, 0.5) is 11.4 Å². The van der Waals surface area contributed by atoms with Crippen LogP contribution >= 0.6 is 0 Å². The van der Waals surface area contributed by atoms with Gasteiger partial charge in [0, 0.05) is 28.9 Å². The average Bonchev–Trinajstić information content (AvgIpc) is 2.54. The van der Waals surface area contributed by atoms with Gasteiger partial charge in [-0.2, -0.15) is 0 Å². The molecule has 1 heterocycles. The highest BCUT2D eigenvalue weighted by Gasteiger charge is 2.16. The summed E-state index contributed by atoms with van der Waals surface area (Å²) in [4.78, 5) is 22.7. The maximum absolute atomic E-state index is 12.3. The fraction of sp³-hybridized carbons (Fsp3) is 0.188. The van der Waals surface area contributed by atoms with Crippen LogP contribution in [-0.2, 0) is 0 Å². The van der Waals surface area contributed by atoms with Crippen molar-refractivity contribution >= 4 is 17.3 Å². The Morgan fingerprint density at radius 1 is 1.13 bits per heavy atom. The van der Waals surface area contributed by atoms with Crippen molar-refractivity contribution < 1.29 is 19.2 Å². The molecule has 0 fully saturated rings. The molecule has 0 atom stereocenters. The quantitative estimate of drug-likeness (QED) is 0.695. The van der Waals surface area contributed by atoms with Gasteiger partial charge in [0.25, 0.3) is 11.6 Å². The standard InChI is InChI=1S/C16H14N2O5/c1-10-2-3-11(8-13(10)18(20)21)16(19)17-12-4-5-14-15(9-12)23-7-6-22-14/h2-5,8-9H,6-7H2,1H3,(H,17,19). The highest BCUT2D eigenvalue weighted by atomic mass is 16.6. The van der Waals surface area contributed by atoms with E-state index < -0.39 is 10.8 Å². The highest BCUT2D eigenvalue weighted by Crippen LogP contribution is 2.32. The molecule has 7 nitrogen and oxygen atoms in total. The van der Waals surface area contributed by atoms with E-state index in [-0.39, 0.29) is 11.3 Å². The van der Waals surface area contributed by atoms with Crippen LogP contribution in [0.2, 0.25) is 0 Å². The zero-order valence-electron chi connectivity index (χ0n) is 12.4. The number of nitrogens with zero attached hydrogens (tertiary/aromatic N) is 1. The topological polar surface area (TPSA) is 90.7 Å². The Balaban J connectivity index is 1.82. The van der Waals surface area contributed by atoms with Crippen molar-refractivity contribution in [3.8, 4) is 11.5 Å². The summed E-state index contributed by atoms with van der Waals surface area (Å²) >= 11 is 0. The lowest BCUT2D eigenvalue weighted by Gasteiger charge is -2.19. The summed E-state index contributed by atoms with van der Waals surface area (Å²) in [5.74, 6) is 0.758. The Labute approximate surface area is 132 Å². The smallest absolute Gasteiger partial charge is 0.273 e. The van der Waals surface area contributed by atoms with Gasteiger partial charge >= 0.3 is 0 Å². The number of carbonyl (C=O) groups excluding carboxylic acids is 1. The van der Waals surface area contributed by atoms with Gasteiger partial charge in [-0.15, -0.1) is 0 Å². The molecule has 0 aliphatic carbocycles. The van der Waals surface area contributed by atoms with E-state index in [4.69, 9.17) is 9.47 Å². The molecule has 0 saturated carbocycles. The summed E-state index contributed by atoms with van der Waals surface area (Å²) in [6, 6.07) is 9.43. The van der Waals surface area contributed by atoms with Crippen LogP contribution in [0.5, 0.6) is 11.5 Å². The minimum absolute atomic E-state index is 0.0835. The number of aryl methyl sites for hydroxylation is 1. The van der Waals surface area contributed by atoms with Gasteiger partial charge in [-0.05, 0) is 25.1 Å². The molecule has 0 radical (unpaired) electrons. The zero-order chi connectivity index (χ0) is 16.4. The highest BCUT2D eigenvalue weighted by molar-refractivity contribution is 6.04. The van der Waals surface area contributed by atoms with Gasteiger partial charge in [0.2, 0.25) is 0 Å². The zero-order valence-corrected chi connectivity index (χ0v) is 12.4. The summed E-state index contributed by atoms with van der Waals surface area (Å²) in [6.45, 7) is 2.57. The fourth-order valence-electron chi connectivity index (χ4n) is 2.27. The van der Waals surface area contributed by atoms with E-state index in [1.807, 2.05) is 0 Å². The molecule has 2 aromatic rings. The number of nitro benzene ring substituents is 1. The van der Waals surface area contributed by atoms with Crippen molar-refractivity contribution in [1.29, 1.82) is 0 Å². The van der Waals surface area contributed by atoms with E-state index in [1.54, 1.807) is 37.3 Å². The fourth-order valence-corrected chi connectivity index (χ4v) is 2.27. The Hall–Kier alpha value is -3.09. The van der Waals surface area contributed by atoms with Gasteiger partial charge in [-0.25, -0.2) is 0 Å². The maximum Gasteiger partial charge on any atom is 0.273 e. The maximum atomic E-state index is 12.3. The molecule has 1 N–H and O–H groups in total. The molecule has 118 valence electrons. The van der Waals surface area contributed by atoms with Gasteiger partial charge < -0.3 is 14.8 Å². The molecular weight excluding hydrogens is 300 g/mol. The molecule has 1 aliphatic heterocycles. The lowest BCUT2D eigenvalue weighted by atomic mass is 10.1. The molecular formula is C16H14N2O5. The molecule has 7 heteroatoms. The van der Waals surface area contributed by atoms with Crippen molar-refractivity contribution in [2.45, 2.75) is 6.92 Å². The average molecular weight is 314 g/mol. The minimum Gasteiger partial charge on any atom is -0.486 e. The number of anilines is 1. The van der Waals surface area contributed by atoms with Crippen molar-refractivity contribution in [2.24, 2.45) is 0 Å². The van der Waals surface area contributed by atoms with Gasteiger partial charge in [0.1, 0.15) is 13.2 Å². The molecule has 23 heavy (non-hydrogen) atoms. The summed E-state index contributed by atoms with van der Waals surface area (Å²) in [5.41, 5.74) is 1.17. The minimum atomic E-state index is -0.504. The first kappa shape index (κ1) is 14.8. The van der Waals surface area contributed by atoms with Crippen molar-refractivity contribution in [2.75, 3.05) is 18.5 Å². The lowest BCUT2D eigenvalue weighted by Crippen LogP contribution is -2.16. The number of nitrogens with one attached hydrogen (secondary N) is 1. The first-order valence-corrected chi connectivity index (χ1v) is 7.00. The number of hydrogen-bond donors (Lipinski definition) is 1. The largest absolute Gasteiger partial charge is 0.486 e. The molecule has 1 amide bonds. The number of ether oxygens (including phenoxy) is 2. The third-order valence-electron chi connectivity index (χ3n) is 3.47. The number of amides is 1. The SMILES string of the molecule is Cc1ccc(C(=O)Nc2ccc3c(c2)OCCO3)cc1[N+](=O)[O-]. The van der Waals surface area contributed by atoms with Crippen LogP contribution in [0.15, 0.2) is 36.4 Å². The van der Waals surface area contributed by atoms with Crippen LogP contribution in [0, 0.1) is 17.0 Å². The van der Waals surface area contributed by atoms with Crippen LogP contribution in [0.25, 0.3) is 0 Å². The summed E-state index contributed by atoms with van der Waals surface area (Å²) in [7, 11) is 0. The van der Waals surface area contributed by atoms with E-state index in [1.165, 1.54) is 6.07 Å². The van der Waals surface area contributed by atoms with Crippen LogP contribution in [-0.4, -0.2) is 24.0 Å². The first-order valence-electron chi connectivity index (χ1n) is 7.00. The van der Waals surface area contributed by atoms with Crippen LogP contribution < -0.4 is 14.8 Å². The van der Waals surface area contributed by atoms with Gasteiger partial charge in [0.05, 0.1) is 4.92 Å². The number of carbonyl (C=O) groups is 1. The third kappa shape index (κ3) is 3.08. The molecule has 0 bridgehead atoms. The van der Waals surface area contributed by atoms with Gasteiger partial charge in [0.15, 0.2) is 11.5 Å². The Morgan fingerprint density at radius 2 is 1.87 bits per heavy atom. The molecule has 0 aromatic heterocycles.